The van der Waals surface area contributed by atoms with E-state index in [1.165, 1.54) is 37.2 Å². The van der Waals surface area contributed by atoms with Crippen molar-refractivity contribution in [2.45, 2.75) is 52.5 Å². The fraction of sp³-hybridized carbons (Fsp3) is 0.600. The number of nitrogens with one attached hydrogen (secondary N) is 1. The van der Waals surface area contributed by atoms with Gasteiger partial charge in [-0.05, 0) is 43.1 Å². The Hall–Kier alpha value is -1.14. The Morgan fingerprint density at radius 3 is 2.90 bits per heavy atom. The number of hydrogen-bond acceptors (Lipinski definition) is 6. The van der Waals surface area contributed by atoms with Crippen molar-refractivity contribution >= 4 is 33.7 Å². The minimum atomic E-state index is 0.420. The van der Waals surface area contributed by atoms with Gasteiger partial charge in [0.25, 0.3) is 0 Å². The molecular weight excluding hydrogens is 300 g/mol. The molecule has 0 radical (unpaired) electrons. The summed E-state index contributed by atoms with van der Waals surface area (Å²) < 4.78 is 4.33. The molecule has 0 spiro atoms. The first kappa shape index (κ1) is 14.8. The van der Waals surface area contributed by atoms with Gasteiger partial charge in [0.2, 0.25) is 0 Å². The van der Waals surface area contributed by atoms with Crippen molar-refractivity contribution in [3.05, 3.63) is 10.4 Å². The Morgan fingerprint density at radius 2 is 2.24 bits per heavy atom. The van der Waals surface area contributed by atoms with E-state index in [1.807, 2.05) is 6.92 Å². The highest BCUT2D eigenvalue weighted by Crippen LogP contribution is 2.41. The summed E-state index contributed by atoms with van der Waals surface area (Å²) in [4.78, 5) is 4.56. The standard InChI is InChI=1S/C15H22N4S2/c1-9-17-11(8-20-9)12-13(16)19-21-14(12)18-10-5-4-6-15(2,3)7-10/h8,10,18H,4-7H2,1-3H3,(H2,16,19). The third-order valence-corrected chi connectivity index (χ3v) is 5.70. The predicted molar refractivity (Wildman–Crippen MR) is 92.0 cm³/mol. The number of rotatable bonds is 3. The molecule has 114 valence electrons. The summed E-state index contributed by atoms with van der Waals surface area (Å²) in [5, 5.41) is 7.86. The summed E-state index contributed by atoms with van der Waals surface area (Å²) in [6.07, 6.45) is 5.01. The first-order valence-electron chi connectivity index (χ1n) is 7.39. The Balaban J connectivity index is 1.83. The topological polar surface area (TPSA) is 63.8 Å². The van der Waals surface area contributed by atoms with E-state index >= 15 is 0 Å². The molecule has 4 nitrogen and oxygen atoms in total. The quantitative estimate of drug-likeness (QED) is 0.871. The monoisotopic (exact) mass is 322 g/mol. The molecule has 1 aliphatic rings. The third kappa shape index (κ3) is 3.21. The van der Waals surface area contributed by atoms with Gasteiger partial charge in [0.05, 0.1) is 16.3 Å². The Labute approximate surface area is 134 Å². The highest BCUT2D eigenvalue weighted by atomic mass is 32.1. The van der Waals surface area contributed by atoms with Crippen molar-refractivity contribution in [3.8, 4) is 11.3 Å². The lowest BCUT2D eigenvalue weighted by Crippen LogP contribution is -2.31. The second kappa shape index (κ2) is 5.57. The number of nitrogens with two attached hydrogens (primary N) is 1. The van der Waals surface area contributed by atoms with Crippen molar-refractivity contribution in [1.82, 2.24) is 9.36 Å². The van der Waals surface area contributed by atoms with Crippen LogP contribution in [0.2, 0.25) is 0 Å². The van der Waals surface area contributed by atoms with Crippen LogP contribution in [0.4, 0.5) is 10.8 Å². The molecule has 1 atom stereocenters. The van der Waals surface area contributed by atoms with E-state index in [0.29, 0.717) is 17.3 Å². The van der Waals surface area contributed by atoms with Crippen molar-refractivity contribution in [1.29, 1.82) is 0 Å². The van der Waals surface area contributed by atoms with Gasteiger partial charge >= 0.3 is 0 Å². The van der Waals surface area contributed by atoms with Crippen molar-refractivity contribution in [3.63, 3.8) is 0 Å². The molecule has 3 N–H and O–H groups in total. The maximum Gasteiger partial charge on any atom is 0.148 e. The van der Waals surface area contributed by atoms with Crippen LogP contribution in [0.1, 0.15) is 44.5 Å². The fourth-order valence-electron chi connectivity index (χ4n) is 3.13. The lowest BCUT2D eigenvalue weighted by atomic mass is 9.75. The third-order valence-electron chi connectivity index (χ3n) is 4.13. The van der Waals surface area contributed by atoms with Crippen LogP contribution in [0.15, 0.2) is 5.38 Å². The first-order valence-corrected chi connectivity index (χ1v) is 9.04. The van der Waals surface area contributed by atoms with Gasteiger partial charge in [-0.15, -0.1) is 11.3 Å². The summed E-state index contributed by atoms with van der Waals surface area (Å²) >= 11 is 3.10. The number of aryl methyl sites for hydroxylation is 1. The zero-order valence-electron chi connectivity index (χ0n) is 12.8. The number of nitrogens with zero attached hydrogens (tertiary/aromatic N) is 2. The smallest absolute Gasteiger partial charge is 0.148 e. The van der Waals surface area contributed by atoms with Crippen LogP contribution in [-0.4, -0.2) is 15.4 Å². The second-order valence-corrected chi connectivity index (χ2v) is 8.46. The fourth-order valence-corrected chi connectivity index (χ4v) is 4.54. The van der Waals surface area contributed by atoms with E-state index in [9.17, 15) is 0 Å². The molecule has 1 fully saturated rings. The summed E-state index contributed by atoms with van der Waals surface area (Å²) in [5.74, 6) is 0.586. The molecule has 1 aliphatic carbocycles. The Bertz CT molecular complexity index is 629. The summed E-state index contributed by atoms with van der Waals surface area (Å²) in [6.45, 7) is 6.72. The average molecular weight is 323 g/mol. The van der Waals surface area contributed by atoms with Crippen molar-refractivity contribution < 1.29 is 0 Å². The van der Waals surface area contributed by atoms with Crippen LogP contribution in [0, 0.1) is 12.3 Å². The number of aromatic nitrogens is 2. The molecule has 1 saturated carbocycles. The molecule has 3 rings (SSSR count). The summed E-state index contributed by atoms with van der Waals surface area (Å²) in [7, 11) is 0. The highest BCUT2D eigenvalue weighted by molar-refractivity contribution is 7.11. The van der Waals surface area contributed by atoms with E-state index in [0.717, 1.165) is 21.3 Å². The lowest BCUT2D eigenvalue weighted by molar-refractivity contribution is 0.230. The maximum atomic E-state index is 6.06. The highest BCUT2D eigenvalue weighted by Gasteiger charge is 2.29. The largest absolute Gasteiger partial charge is 0.382 e. The number of hydrogen-bond donors (Lipinski definition) is 2. The lowest BCUT2D eigenvalue weighted by Gasteiger charge is -2.35. The van der Waals surface area contributed by atoms with E-state index < -0.39 is 0 Å². The van der Waals surface area contributed by atoms with Crippen LogP contribution in [0.3, 0.4) is 0 Å². The van der Waals surface area contributed by atoms with Gasteiger partial charge in [-0.3, -0.25) is 0 Å². The molecule has 6 heteroatoms. The van der Waals surface area contributed by atoms with Gasteiger partial charge in [-0.25, -0.2) is 4.98 Å². The molecule has 2 aromatic heterocycles. The molecule has 0 saturated heterocycles. The minimum absolute atomic E-state index is 0.420. The number of thiazole rings is 1. The SMILES string of the molecule is Cc1nc(-c2c(N)nsc2NC2CCCC(C)(C)C2)cs1. The Morgan fingerprint density at radius 1 is 1.43 bits per heavy atom. The minimum Gasteiger partial charge on any atom is -0.382 e. The van der Waals surface area contributed by atoms with Crippen LogP contribution in [0.25, 0.3) is 11.3 Å². The predicted octanol–water partition coefficient (Wildman–Crippen LogP) is 4.54. The summed E-state index contributed by atoms with van der Waals surface area (Å²) in [5.41, 5.74) is 8.41. The van der Waals surface area contributed by atoms with Gasteiger partial charge in [0.1, 0.15) is 10.8 Å². The van der Waals surface area contributed by atoms with Crippen molar-refractivity contribution in [2.75, 3.05) is 11.1 Å². The van der Waals surface area contributed by atoms with Crippen LogP contribution < -0.4 is 11.1 Å². The van der Waals surface area contributed by atoms with E-state index in [1.54, 1.807) is 11.3 Å². The van der Waals surface area contributed by atoms with Crippen LogP contribution in [0.5, 0.6) is 0 Å². The van der Waals surface area contributed by atoms with Crippen LogP contribution >= 0.6 is 22.9 Å². The molecule has 1 unspecified atom stereocenters. The van der Waals surface area contributed by atoms with Crippen LogP contribution in [-0.2, 0) is 0 Å². The normalized spacial score (nSPS) is 21.4. The summed E-state index contributed by atoms with van der Waals surface area (Å²) in [6, 6.07) is 0.507. The molecule has 0 amide bonds. The van der Waals surface area contributed by atoms with Gasteiger partial charge in [-0.2, -0.15) is 4.37 Å². The average Bonchev–Trinajstić information content (AvgIpc) is 2.95. The van der Waals surface area contributed by atoms with Gasteiger partial charge in [0, 0.05) is 11.4 Å². The van der Waals surface area contributed by atoms with E-state index in [4.69, 9.17) is 5.73 Å². The zero-order valence-corrected chi connectivity index (χ0v) is 14.4. The zero-order chi connectivity index (χ0) is 15.0. The molecule has 21 heavy (non-hydrogen) atoms. The van der Waals surface area contributed by atoms with Gasteiger partial charge < -0.3 is 11.1 Å². The first-order chi connectivity index (χ1) is 9.94. The van der Waals surface area contributed by atoms with Gasteiger partial charge in [-0.1, -0.05) is 20.3 Å². The number of anilines is 2. The molecule has 2 aromatic rings. The Kier molecular flexibility index (Phi) is 3.92. The molecule has 0 aliphatic heterocycles. The van der Waals surface area contributed by atoms with Gasteiger partial charge in [0.15, 0.2) is 0 Å². The maximum absolute atomic E-state index is 6.06. The molecule has 0 aromatic carbocycles. The molecular formula is C15H22N4S2. The molecule has 2 heterocycles. The molecule has 0 bridgehead atoms. The number of nitrogen functional groups attached to an aromatic ring is 1. The van der Waals surface area contributed by atoms with Crippen molar-refractivity contribution in [2.24, 2.45) is 5.41 Å². The second-order valence-electron chi connectivity index (χ2n) is 6.63. The van der Waals surface area contributed by atoms with E-state index in [-0.39, 0.29) is 0 Å². The van der Waals surface area contributed by atoms with E-state index in [2.05, 4.69) is 33.9 Å².